The minimum Gasteiger partial charge on any atom is -0.393 e. The van der Waals surface area contributed by atoms with Gasteiger partial charge in [-0.1, -0.05) is 48.5 Å². The summed E-state index contributed by atoms with van der Waals surface area (Å²) in [4.78, 5) is 12.1. The van der Waals surface area contributed by atoms with Gasteiger partial charge in [0, 0.05) is 5.92 Å². The maximum absolute atomic E-state index is 12.1. The molecule has 0 aromatic rings. The molecule has 5 saturated carbocycles. The van der Waals surface area contributed by atoms with Crippen molar-refractivity contribution in [2.45, 2.75) is 118 Å². The SMILES string of the molecule is CC1(C)C[C@H]2[C@H](CC[C@]3(C)[C@@H]2[C@H](O)C[C@@H]2[C@@]4(C)CC[C@H](O)C(C)(C)[C@@H]4CC[C@]23C)[C@H](C=O)C1. The van der Waals surface area contributed by atoms with Crippen LogP contribution in [-0.4, -0.2) is 28.7 Å². The van der Waals surface area contributed by atoms with Gasteiger partial charge in [0.25, 0.3) is 0 Å². The number of aliphatic hydroxyl groups excluding tert-OH is 2. The first kappa shape index (κ1) is 24.3. The molecule has 5 aliphatic carbocycles. The molecule has 0 aromatic heterocycles. The first-order valence-corrected chi connectivity index (χ1v) is 14.0. The number of carbonyl (C=O) groups excluding carboxylic acids is 1. The van der Waals surface area contributed by atoms with Gasteiger partial charge in [0.05, 0.1) is 12.2 Å². The second kappa shape index (κ2) is 7.31. The van der Waals surface area contributed by atoms with Crippen LogP contribution >= 0.6 is 0 Å². The number of fused-ring (bicyclic) bond motifs is 7. The van der Waals surface area contributed by atoms with Gasteiger partial charge >= 0.3 is 0 Å². The average Bonchev–Trinajstić information content (AvgIpc) is 2.71. The minimum absolute atomic E-state index is 0.0563. The Morgan fingerprint density at radius 2 is 1.42 bits per heavy atom. The summed E-state index contributed by atoms with van der Waals surface area (Å²) >= 11 is 0. The topological polar surface area (TPSA) is 57.5 Å². The Labute approximate surface area is 202 Å². The minimum atomic E-state index is -0.271. The number of aldehydes is 1. The van der Waals surface area contributed by atoms with Gasteiger partial charge in [-0.15, -0.1) is 0 Å². The average molecular weight is 459 g/mol. The van der Waals surface area contributed by atoms with E-state index in [2.05, 4.69) is 48.5 Å². The third-order valence-corrected chi connectivity index (χ3v) is 13.3. The van der Waals surface area contributed by atoms with E-state index in [1.807, 2.05) is 0 Å². The molecule has 188 valence electrons. The second-order valence-corrected chi connectivity index (χ2v) is 15.4. The van der Waals surface area contributed by atoms with Crippen molar-refractivity contribution in [3.8, 4) is 0 Å². The van der Waals surface area contributed by atoms with Crippen LogP contribution in [0.25, 0.3) is 0 Å². The lowest BCUT2D eigenvalue weighted by molar-refractivity contribution is -0.270. The van der Waals surface area contributed by atoms with Gasteiger partial charge in [-0.3, -0.25) is 0 Å². The molecule has 0 aromatic carbocycles. The molecule has 0 spiro atoms. The Kier molecular flexibility index (Phi) is 5.38. The Balaban J connectivity index is 1.55. The standard InChI is InChI=1S/C30H50O3/c1-26(2)15-18(17-31)19-8-12-30(7)25(20(19)16-26)21(32)14-23-28(5)11-10-24(33)27(3,4)22(28)9-13-29(23,30)6/h17-25,32-33H,8-16H2,1-7H3/t18-,19+,20-,21+,22-,23+,24-,25-,28-,29+,30+/m0/s1. The molecule has 5 fully saturated rings. The fourth-order valence-corrected chi connectivity index (χ4v) is 11.6. The third kappa shape index (κ3) is 3.09. The lowest BCUT2D eigenvalue weighted by Gasteiger charge is -2.73. The summed E-state index contributed by atoms with van der Waals surface area (Å²) in [5.41, 5.74) is 0.628. The van der Waals surface area contributed by atoms with E-state index in [4.69, 9.17) is 0 Å². The van der Waals surface area contributed by atoms with E-state index in [-0.39, 0.29) is 45.2 Å². The maximum Gasteiger partial charge on any atom is 0.123 e. The summed E-state index contributed by atoms with van der Waals surface area (Å²) in [6, 6.07) is 0. The third-order valence-electron chi connectivity index (χ3n) is 13.3. The Morgan fingerprint density at radius 1 is 0.758 bits per heavy atom. The van der Waals surface area contributed by atoms with Crippen molar-refractivity contribution in [2.75, 3.05) is 0 Å². The molecule has 0 saturated heterocycles. The Bertz CT molecular complexity index is 802. The molecule has 33 heavy (non-hydrogen) atoms. The van der Waals surface area contributed by atoms with Gasteiger partial charge in [0.2, 0.25) is 0 Å². The van der Waals surface area contributed by atoms with Crippen molar-refractivity contribution in [3.05, 3.63) is 0 Å². The predicted molar refractivity (Wildman–Crippen MR) is 132 cm³/mol. The lowest BCUT2D eigenvalue weighted by atomic mass is 9.32. The first-order valence-electron chi connectivity index (χ1n) is 14.0. The van der Waals surface area contributed by atoms with Crippen molar-refractivity contribution in [2.24, 2.45) is 62.6 Å². The van der Waals surface area contributed by atoms with E-state index >= 15 is 0 Å². The maximum atomic E-state index is 12.1. The lowest BCUT2D eigenvalue weighted by Crippen LogP contribution is -2.69. The van der Waals surface area contributed by atoms with Gasteiger partial charge in [0.15, 0.2) is 0 Å². The number of carbonyl (C=O) groups is 1. The molecule has 0 amide bonds. The number of rotatable bonds is 1. The van der Waals surface area contributed by atoms with Crippen molar-refractivity contribution in [1.82, 2.24) is 0 Å². The first-order chi connectivity index (χ1) is 15.2. The van der Waals surface area contributed by atoms with Crippen molar-refractivity contribution in [1.29, 1.82) is 0 Å². The summed E-state index contributed by atoms with van der Waals surface area (Å²) in [5.74, 6) is 2.41. The van der Waals surface area contributed by atoms with Gasteiger partial charge < -0.3 is 15.0 Å². The van der Waals surface area contributed by atoms with Crippen molar-refractivity contribution >= 4 is 6.29 Å². The van der Waals surface area contributed by atoms with Crippen LogP contribution in [0, 0.1) is 62.6 Å². The normalized spacial score (nSPS) is 57.1. The molecule has 0 aliphatic heterocycles. The fourth-order valence-electron chi connectivity index (χ4n) is 11.6. The highest BCUT2D eigenvalue weighted by Gasteiger charge is 2.70. The quantitative estimate of drug-likeness (QED) is 0.456. The molecule has 11 atom stereocenters. The molecule has 0 unspecified atom stereocenters. The van der Waals surface area contributed by atoms with E-state index in [1.54, 1.807) is 0 Å². The molecule has 0 heterocycles. The van der Waals surface area contributed by atoms with Crippen molar-refractivity contribution in [3.63, 3.8) is 0 Å². The highest BCUT2D eigenvalue weighted by molar-refractivity contribution is 5.55. The number of aliphatic hydroxyl groups is 2. The highest BCUT2D eigenvalue weighted by Crippen LogP contribution is 2.75. The number of hydrogen-bond acceptors (Lipinski definition) is 3. The van der Waals surface area contributed by atoms with Crippen LogP contribution < -0.4 is 0 Å². The van der Waals surface area contributed by atoms with Gasteiger partial charge in [0.1, 0.15) is 6.29 Å². The molecule has 2 N–H and O–H groups in total. The van der Waals surface area contributed by atoms with Crippen LogP contribution in [0.15, 0.2) is 0 Å². The molecule has 0 radical (unpaired) electrons. The molecule has 0 bridgehead atoms. The van der Waals surface area contributed by atoms with Crippen LogP contribution in [0.1, 0.15) is 106 Å². The molecule has 3 heteroatoms. The van der Waals surface area contributed by atoms with Gasteiger partial charge in [-0.2, -0.15) is 0 Å². The fraction of sp³-hybridized carbons (Fsp3) is 0.967. The van der Waals surface area contributed by atoms with E-state index < -0.39 is 0 Å². The Morgan fingerprint density at radius 3 is 2.09 bits per heavy atom. The molecular formula is C30H50O3. The molecule has 3 nitrogen and oxygen atoms in total. The van der Waals surface area contributed by atoms with Crippen molar-refractivity contribution < 1.29 is 15.0 Å². The highest BCUT2D eigenvalue weighted by atomic mass is 16.3. The smallest absolute Gasteiger partial charge is 0.123 e. The summed E-state index contributed by atoms with van der Waals surface area (Å²) < 4.78 is 0. The number of hydrogen-bond donors (Lipinski definition) is 2. The summed E-state index contributed by atoms with van der Waals surface area (Å²) in [6.45, 7) is 16.9. The zero-order valence-electron chi connectivity index (χ0n) is 22.4. The summed E-state index contributed by atoms with van der Waals surface area (Å²) in [5, 5.41) is 22.8. The largest absolute Gasteiger partial charge is 0.393 e. The van der Waals surface area contributed by atoms with Crippen LogP contribution in [0.4, 0.5) is 0 Å². The molecule has 5 aliphatic rings. The van der Waals surface area contributed by atoms with Gasteiger partial charge in [-0.25, -0.2) is 0 Å². The predicted octanol–water partition coefficient (Wildman–Crippen LogP) is 6.25. The second-order valence-electron chi connectivity index (χ2n) is 15.4. The van der Waals surface area contributed by atoms with E-state index in [9.17, 15) is 15.0 Å². The van der Waals surface area contributed by atoms with Crippen LogP contribution in [0.2, 0.25) is 0 Å². The van der Waals surface area contributed by atoms with Crippen LogP contribution in [-0.2, 0) is 4.79 Å². The van der Waals surface area contributed by atoms with Gasteiger partial charge in [-0.05, 0) is 114 Å². The summed E-state index contributed by atoms with van der Waals surface area (Å²) in [7, 11) is 0. The van der Waals surface area contributed by atoms with E-state index in [0.717, 1.165) is 44.9 Å². The zero-order chi connectivity index (χ0) is 24.2. The zero-order valence-corrected chi connectivity index (χ0v) is 22.4. The molecule has 5 rings (SSSR count). The van der Waals surface area contributed by atoms with Crippen LogP contribution in [0.5, 0.6) is 0 Å². The Hall–Kier alpha value is -0.410. The van der Waals surface area contributed by atoms with E-state index in [1.165, 1.54) is 19.1 Å². The summed E-state index contributed by atoms with van der Waals surface area (Å²) in [6.07, 6.45) is 10.5. The molecular weight excluding hydrogens is 408 g/mol. The monoisotopic (exact) mass is 458 g/mol. The van der Waals surface area contributed by atoms with E-state index in [0.29, 0.717) is 29.6 Å². The van der Waals surface area contributed by atoms with Crippen LogP contribution in [0.3, 0.4) is 0 Å².